The van der Waals surface area contributed by atoms with Crippen LogP contribution in [0.1, 0.15) is 22.8 Å². The van der Waals surface area contributed by atoms with E-state index >= 15 is 0 Å². The molecule has 1 heterocycles. The van der Waals surface area contributed by atoms with Crippen molar-refractivity contribution in [2.75, 3.05) is 17.7 Å². The molecule has 0 saturated heterocycles. The molecule has 0 bridgehead atoms. The van der Waals surface area contributed by atoms with Gasteiger partial charge >= 0.3 is 5.97 Å². The van der Waals surface area contributed by atoms with Gasteiger partial charge in [0.1, 0.15) is 17.2 Å². The van der Waals surface area contributed by atoms with E-state index < -0.39 is 11.8 Å². The van der Waals surface area contributed by atoms with E-state index in [1.807, 2.05) is 0 Å². The quantitative estimate of drug-likeness (QED) is 0.846. The molecule has 3 N–H and O–H groups in total. The van der Waals surface area contributed by atoms with Crippen LogP contribution in [0.4, 0.5) is 21.6 Å². The summed E-state index contributed by atoms with van der Waals surface area (Å²) in [6, 6.07) is 6.14. The van der Waals surface area contributed by atoms with Gasteiger partial charge < -0.3 is 15.8 Å². The fourth-order valence-corrected chi connectivity index (χ4v) is 1.85. The lowest BCUT2D eigenvalue weighted by Gasteiger charge is -2.13. The second-order valence-corrected chi connectivity index (χ2v) is 4.44. The summed E-state index contributed by atoms with van der Waals surface area (Å²) in [6.45, 7) is 3.68. The molecule has 1 aromatic carbocycles. The number of nitrogen functional groups attached to an aromatic ring is 1. The number of carbonyl (C=O) groups is 1. The molecule has 110 valence electrons. The molecule has 0 saturated carbocycles. The second-order valence-electron chi connectivity index (χ2n) is 4.44. The summed E-state index contributed by atoms with van der Waals surface area (Å²) in [7, 11) is 0. The summed E-state index contributed by atoms with van der Waals surface area (Å²) in [5, 5.41) is 2.83. The van der Waals surface area contributed by atoms with E-state index in [-0.39, 0.29) is 23.7 Å². The number of rotatable bonds is 4. The van der Waals surface area contributed by atoms with E-state index in [0.29, 0.717) is 11.3 Å². The van der Waals surface area contributed by atoms with Crippen LogP contribution < -0.4 is 11.1 Å². The molecular formula is C15H16FN3O2. The number of pyridine rings is 1. The van der Waals surface area contributed by atoms with Crippen LogP contribution in [0.2, 0.25) is 0 Å². The van der Waals surface area contributed by atoms with Crippen molar-refractivity contribution in [2.24, 2.45) is 0 Å². The van der Waals surface area contributed by atoms with Gasteiger partial charge in [0.2, 0.25) is 0 Å². The fraction of sp³-hybridized carbons (Fsp3) is 0.200. The average Bonchev–Trinajstić information content (AvgIpc) is 2.44. The Balaban J connectivity index is 2.42. The standard InChI is InChI=1S/C15H16FN3O2/c1-3-21-15(20)11-7-10(17)8-18-14(11)19-13-9(2)5-4-6-12(13)16/h4-8H,3,17H2,1-2H3,(H,18,19). The van der Waals surface area contributed by atoms with Crippen LogP contribution >= 0.6 is 0 Å². The minimum Gasteiger partial charge on any atom is -0.462 e. The van der Waals surface area contributed by atoms with Gasteiger partial charge in [-0.1, -0.05) is 12.1 Å². The minimum absolute atomic E-state index is 0.166. The molecule has 0 aliphatic carbocycles. The highest BCUT2D eigenvalue weighted by molar-refractivity contribution is 5.96. The number of para-hydroxylation sites is 1. The number of carbonyl (C=O) groups excluding carboxylic acids is 1. The molecule has 0 amide bonds. The zero-order valence-electron chi connectivity index (χ0n) is 11.8. The van der Waals surface area contributed by atoms with Gasteiger partial charge in [0.25, 0.3) is 0 Å². The van der Waals surface area contributed by atoms with Crippen molar-refractivity contribution in [3.05, 3.63) is 47.4 Å². The molecule has 5 nitrogen and oxygen atoms in total. The van der Waals surface area contributed by atoms with Gasteiger partial charge in [0.05, 0.1) is 24.2 Å². The van der Waals surface area contributed by atoms with Crippen LogP contribution in [0.3, 0.4) is 0 Å². The molecule has 2 rings (SSSR count). The van der Waals surface area contributed by atoms with Gasteiger partial charge in [-0.15, -0.1) is 0 Å². The Labute approximate surface area is 121 Å². The smallest absolute Gasteiger partial charge is 0.341 e. The monoisotopic (exact) mass is 289 g/mol. The van der Waals surface area contributed by atoms with Crippen molar-refractivity contribution in [1.82, 2.24) is 4.98 Å². The highest BCUT2D eigenvalue weighted by Gasteiger charge is 2.16. The Morgan fingerprint density at radius 3 is 2.90 bits per heavy atom. The first-order valence-corrected chi connectivity index (χ1v) is 6.47. The van der Waals surface area contributed by atoms with Gasteiger partial charge in [-0.05, 0) is 31.5 Å². The Kier molecular flexibility index (Phi) is 4.37. The zero-order chi connectivity index (χ0) is 15.4. The number of nitrogens with two attached hydrogens (primary N) is 1. The largest absolute Gasteiger partial charge is 0.462 e. The molecule has 0 aliphatic rings. The summed E-state index contributed by atoms with van der Waals surface area (Å²) < 4.78 is 18.8. The van der Waals surface area contributed by atoms with Crippen LogP contribution in [0.25, 0.3) is 0 Å². The van der Waals surface area contributed by atoms with Gasteiger partial charge in [0.15, 0.2) is 0 Å². The Bertz CT molecular complexity index is 654. The van der Waals surface area contributed by atoms with Crippen molar-refractivity contribution in [2.45, 2.75) is 13.8 Å². The maximum absolute atomic E-state index is 13.9. The number of hydrogen-bond donors (Lipinski definition) is 2. The van der Waals surface area contributed by atoms with E-state index in [4.69, 9.17) is 10.5 Å². The predicted molar refractivity (Wildman–Crippen MR) is 79.0 cm³/mol. The third kappa shape index (κ3) is 3.28. The Hall–Kier alpha value is -2.63. The zero-order valence-corrected chi connectivity index (χ0v) is 11.8. The second kappa shape index (κ2) is 6.21. The number of nitrogens with zero attached hydrogens (tertiary/aromatic N) is 1. The molecule has 6 heteroatoms. The van der Waals surface area contributed by atoms with Crippen LogP contribution in [0.15, 0.2) is 30.5 Å². The maximum Gasteiger partial charge on any atom is 0.341 e. The number of anilines is 3. The summed E-state index contributed by atoms with van der Waals surface area (Å²) in [5.74, 6) is -0.784. The SMILES string of the molecule is CCOC(=O)c1cc(N)cnc1Nc1c(C)cccc1F. The third-order valence-corrected chi connectivity index (χ3v) is 2.87. The summed E-state index contributed by atoms with van der Waals surface area (Å²) in [6.07, 6.45) is 1.39. The van der Waals surface area contributed by atoms with E-state index in [1.54, 1.807) is 26.0 Å². The van der Waals surface area contributed by atoms with Gasteiger partial charge in [0, 0.05) is 0 Å². The topological polar surface area (TPSA) is 77.2 Å². The number of nitrogens with one attached hydrogen (secondary N) is 1. The first kappa shape index (κ1) is 14.8. The molecule has 21 heavy (non-hydrogen) atoms. The molecule has 0 unspecified atom stereocenters. The van der Waals surface area contributed by atoms with Crippen molar-refractivity contribution in [1.29, 1.82) is 0 Å². The molecule has 0 aliphatic heterocycles. The number of benzene rings is 1. The van der Waals surface area contributed by atoms with E-state index in [1.165, 1.54) is 18.3 Å². The molecule has 1 aromatic heterocycles. The van der Waals surface area contributed by atoms with Crippen molar-refractivity contribution >= 4 is 23.2 Å². The van der Waals surface area contributed by atoms with Crippen LogP contribution in [-0.2, 0) is 4.74 Å². The van der Waals surface area contributed by atoms with Crippen LogP contribution in [0.5, 0.6) is 0 Å². The maximum atomic E-state index is 13.9. The lowest BCUT2D eigenvalue weighted by atomic mass is 10.1. The van der Waals surface area contributed by atoms with Gasteiger partial charge in [-0.2, -0.15) is 0 Å². The number of ether oxygens (including phenoxy) is 1. The first-order valence-electron chi connectivity index (χ1n) is 6.47. The van der Waals surface area contributed by atoms with Crippen molar-refractivity contribution in [3.8, 4) is 0 Å². The highest BCUT2D eigenvalue weighted by Crippen LogP contribution is 2.26. The molecule has 2 aromatic rings. The summed E-state index contributed by atoms with van der Waals surface area (Å²) >= 11 is 0. The normalized spacial score (nSPS) is 10.2. The summed E-state index contributed by atoms with van der Waals surface area (Å²) in [4.78, 5) is 16.0. The predicted octanol–water partition coefficient (Wildman–Crippen LogP) is 3.03. The number of halogens is 1. The number of aromatic nitrogens is 1. The number of aryl methyl sites for hydroxylation is 1. The Morgan fingerprint density at radius 2 is 2.24 bits per heavy atom. The molecule has 0 fully saturated rings. The molecule has 0 spiro atoms. The van der Waals surface area contributed by atoms with Gasteiger partial charge in [-0.25, -0.2) is 14.2 Å². The van der Waals surface area contributed by atoms with Gasteiger partial charge in [-0.3, -0.25) is 0 Å². The molecular weight excluding hydrogens is 273 g/mol. The minimum atomic E-state index is -0.561. The van der Waals surface area contributed by atoms with Crippen LogP contribution in [0, 0.1) is 12.7 Å². The fourth-order valence-electron chi connectivity index (χ4n) is 1.85. The third-order valence-electron chi connectivity index (χ3n) is 2.87. The van der Waals surface area contributed by atoms with Crippen LogP contribution in [-0.4, -0.2) is 17.6 Å². The van der Waals surface area contributed by atoms with E-state index in [0.717, 1.165) is 0 Å². The lowest BCUT2D eigenvalue weighted by Crippen LogP contribution is -2.11. The van der Waals surface area contributed by atoms with Crippen molar-refractivity contribution < 1.29 is 13.9 Å². The summed E-state index contributed by atoms with van der Waals surface area (Å²) in [5.41, 5.74) is 7.10. The Morgan fingerprint density at radius 1 is 1.48 bits per heavy atom. The van der Waals surface area contributed by atoms with E-state index in [9.17, 15) is 9.18 Å². The average molecular weight is 289 g/mol. The van der Waals surface area contributed by atoms with Crippen molar-refractivity contribution in [3.63, 3.8) is 0 Å². The molecule has 0 atom stereocenters. The van der Waals surface area contributed by atoms with E-state index in [2.05, 4.69) is 10.3 Å². The highest BCUT2D eigenvalue weighted by atomic mass is 19.1. The number of esters is 1. The first-order chi connectivity index (χ1) is 10.0. The lowest BCUT2D eigenvalue weighted by molar-refractivity contribution is 0.0527. The number of hydrogen-bond acceptors (Lipinski definition) is 5. The molecule has 0 radical (unpaired) electrons.